The summed E-state index contributed by atoms with van der Waals surface area (Å²) in [5.74, 6) is -0.999. The SMILES string of the molecule is CC/C=C/C=C/C=C/C=C/CCCCCC(=O)OCC(COC(=O)CCCCCCC/C=C/C=C/C=C/C=C/C=C/CCC)OC(=O)CCCCCCCC/C=C/C=C/CCCCC. The first kappa shape index (κ1) is 59.5. The number of hydrogen-bond donors (Lipinski definition) is 0. The van der Waals surface area contributed by atoms with Gasteiger partial charge in [0.2, 0.25) is 0 Å². The molecular formula is C58H90O6. The number of ether oxygens (including phenoxy) is 3. The first-order valence-corrected chi connectivity index (χ1v) is 25.3. The van der Waals surface area contributed by atoms with Crippen molar-refractivity contribution in [2.24, 2.45) is 0 Å². The summed E-state index contributed by atoms with van der Waals surface area (Å²) in [5, 5.41) is 0. The number of allylic oxidation sites excluding steroid dienone is 22. The smallest absolute Gasteiger partial charge is 0.306 e. The van der Waals surface area contributed by atoms with Crippen LogP contribution in [0.4, 0.5) is 0 Å². The molecule has 358 valence electrons. The van der Waals surface area contributed by atoms with Crippen LogP contribution in [0.1, 0.15) is 194 Å². The van der Waals surface area contributed by atoms with Crippen molar-refractivity contribution >= 4 is 17.9 Å². The lowest BCUT2D eigenvalue weighted by atomic mass is 10.1. The van der Waals surface area contributed by atoms with Crippen LogP contribution in [-0.2, 0) is 28.6 Å². The molecule has 0 spiro atoms. The number of rotatable bonds is 43. The lowest BCUT2D eigenvalue weighted by molar-refractivity contribution is -0.167. The topological polar surface area (TPSA) is 78.9 Å². The molecule has 0 aliphatic rings. The first-order chi connectivity index (χ1) is 31.5. The molecule has 0 N–H and O–H groups in total. The highest BCUT2D eigenvalue weighted by atomic mass is 16.6. The van der Waals surface area contributed by atoms with E-state index < -0.39 is 6.10 Å². The lowest BCUT2D eigenvalue weighted by Crippen LogP contribution is -2.30. The summed E-state index contributed by atoms with van der Waals surface area (Å²) in [5.41, 5.74) is 0. The molecule has 0 aromatic carbocycles. The molecule has 0 aliphatic heterocycles. The van der Waals surface area contributed by atoms with E-state index in [1.165, 1.54) is 38.5 Å². The molecule has 0 saturated carbocycles. The van der Waals surface area contributed by atoms with Crippen LogP contribution >= 0.6 is 0 Å². The van der Waals surface area contributed by atoms with Crippen LogP contribution in [0, 0.1) is 0 Å². The Kier molecular flexibility index (Phi) is 47.6. The van der Waals surface area contributed by atoms with Gasteiger partial charge in [0, 0.05) is 19.3 Å². The third-order valence-corrected chi connectivity index (χ3v) is 10.1. The van der Waals surface area contributed by atoms with Gasteiger partial charge in [0.1, 0.15) is 13.2 Å². The number of hydrogen-bond acceptors (Lipinski definition) is 6. The predicted molar refractivity (Wildman–Crippen MR) is 274 cm³/mol. The minimum Gasteiger partial charge on any atom is -0.462 e. The van der Waals surface area contributed by atoms with Crippen molar-refractivity contribution < 1.29 is 28.6 Å². The Morgan fingerprint density at radius 3 is 1.05 bits per heavy atom. The van der Waals surface area contributed by atoms with Crippen molar-refractivity contribution in [3.63, 3.8) is 0 Å². The molecule has 1 unspecified atom stereocenters. The molecule has 0 saturated heterocycles. The van der Waals surface area contributed by atoms with E-state index in [1.54, 1.807) is 0 Å². The zero-order chi connectivity index (χ0) is 46.5. The standard InChI is InChI=1S/C58H90O6/c1-4-7-10-13-16-19-22-25-27-28-29-31-33-36-39-42-45-48-51-57(60)63-54-55(53-62-56(59)50-47-44-41-38-35-32-24-21-18-15-12-9-6-3)64-58(61)52-49-46-43-40-37-34-30-26-23-20-17-14-11-8-5-2/h9-10,12-13,15-29,31-32,35,55H,4-8,11,14,30,33-34,36-54H2,1-3H3/b12-9+,13-10+,18-15+,19-16+,20-17+,24-21+,25-22+,26-23+,28-27+,31-29+,35-32+. The monoisotopic (exact) mass is 883 g/mol. The van der Waals surface area contributed by atoms with Crippen molar-refractivity contribution in [3.05, 3.63) is 134 Å². The molecule has 0 bridgehead atoms. The van der Waals surface area contributed by atoms with Gasteiger partial charge < -0.3 is 14.2 Å². The summed E-state index contributed by atoms with van der Waals surface area (Å²) in [6.07, 6.45) is 71.4. The molecule has 0 amide bonds. The Bertz CT molecular complexity index is 1430. The lowest BCUT2D eigenvalue weighted by Gasteiger charge is -2.18. The molecule has 0 aliphatic carbocycles. The van der Waals surface area contributed by atoms with Gasteiger partial charge >= 0.3 is 17.9 Å². The Hall–Kier alpha value is -4.45. The van der Waals surface area contributed by atoms with Crippen molar-refractivity contribution in [2.45, 2.75) is 200 Å². The van der Waals surface area contributed by atoms with Gasteiger partial charge in [-0.2, -0.15) is 0 Å². The van der Waals surface area contributed by atoms with Crippen molar-refractivity contribution in [3.8, 4) is 0 Å². The molecule has 0 aromatic rings. The highest BCUT2D eigenvalue weighted by molar-refractivity contribution is 5.71. The van der Waals surface area contributed by atoms with Gasteiger partial charge in [-0.1, -0.05) is 225 Å². The Morgan fingerprint density at radius 1 is 0.328 bits per heavy atom. The largest absolute Gasteiger partial charge is 0.462 e. The van der Waals surface area contributed by atoms with Crippen LogP contribution < -0.4 is 0 Å². The average molecular weight is 883 g/mol. The number of esters is 3. The minimum atomic E-state index is -0.816. The third-order valence-electron chi connectivity index (χ3n) is 10.1. The fraction of sp³-hybridized carbons (Fsp3) is 0.569. The minimum absolute atomic E-state index is 0.114. The zero-order valence-corrected chi connectivity index (χ0v) is 40.7. The fourth-order valence-electron chi connectivity index (χ4n) is 6.29. The maximum absolute atomic E-state index is 12.8. The summed E-state index contributed by atoms with van der Waals surface area (Å²) < 4.78 is 16.7. The van der Waals surface area contributed by atoms with E-state index in [2.05, 4.69) is 81.5 Å². The normalized spacial score (nSPS) is 13.2. The van der Waals surface area contributed by atoms with Crippen LogP contribution in [0.15, 0.2) is 134 Å². The van der Waals surface area contributed by atoms with E-state index in [9.17, 15) is 14.4 Å². The third kappa shape index (κ3) is 48.6. The van der Waals surface area contributed by atoms with Gasteiger partial charge in [-0.05, 0) is 83.5 Å². The van der Waals surface area contributed by atoms with Gasteiger partial charge in [0.05, 0.1) is 0 Å². The molecule has 0 aromatic heterocycles. The number of unbranched alkanes of at least 4 members (excludes halogenated alkanes) is 18. The second-order valence-electron chi connectivity index (χ2n) is 16.2. The van der Waals surface area contributed by atoms with Crippen LogP contribution in [0.3, 0.4) is 0 Å². The molecule has 0 rings (SSSR count). The van der Waals surface area contributed by atoms with Gasteiger partial charge in [0.15, 0.2) is 6.10 Å². The highest BCUT2D eigenvalue weighted by Gasteiger charge is 2.19. The molecule has 6 nitrogen and oxygen atoms in total. The molecule has 0 heterocycles. The average Bonchev–Trinajstić information content (AvgIpc) is 3.29. The predicted octanol–water partition coefficient (Wildman–Crippen LogP) is 16.7. The summed E-state index contributed by atoms with van der Waals surface area (Å²) in [7, 11) is 0. The van der Waals surface area contributed by atoms with E-state index in [0.29, 0.717) is 19.3 Å². The van der Waals surface area contributed by atoms with Gasteiger partial charge in [-0.25, -0.2) is 0 Å². The van der Waals surface area contributed by atoms with E-state index in [1.807, 2.05) is 72.9 Å². The van der Waals surface area contributed by atoms with E-state index in [-0.39, 0.29) is 31.1 Å². The first-order valence-electron chi connectivity index (χ1n) is 25.3. The van der Waals surface area contributed by atoms with Gasteiger partial charge in [-0.3, -0.25) is 14.4 Å². The van der Waals surface area contributed by atoms with Crippen molar-refractivity contribution in [1.29, 1.82) is 0 Å². The van der Waals surface area contributed by atoms with Crippen LogP contribution in [-0.4, -0.2) is 37.2 Å². The Balaban J connectivity index is 4.55. The Labute approximate surface area is 392 Å². The number of carbonyl (C=O) groups is 3. The summed E-state index contributed by atoms with van der Waals surface area (Å²) in [6.45, 7) is 6.29. The molecule has 64 heavy (non-hydrogen) atoms. The quantitative estimate of drug-likeness (QED) is 0.0263. The Morgan fingerprint density at radius 2 is 0.641 bits per heavy atom. The second-order valence-corrected chi connectivity index (χ2v) is 16.2. The molecule has 1 atom stereocenters. The molecule has 0 radical (unpaired) electrons. The number of carbonyl (C=O) groups excluding carboxylic acids is 3. The van der Waals surface area contributed by atoms with Crippen LogP contribution in [0.5, 0.6) is 0 Å². The summed E-state index contributed by atoms with van der Waals surface area (Å²) in [4.78, 5) is 38.0. The van der Waals surface area contributed by atoms with Crippen LogP contribution in [0.25, 0.3) is 0 Å². The van der Waals surface area contributed by atoms with Crippen molar-refractivity contribution in [2.75, 3.05) is 13.2 Å². The van der Waals surface area contributed by atoms with Gasteiger partial charge in [0.25, 0.3) is 0 Å². The highest BCUT2D eigenvalue weighted by Crippen LogP contribution is 2.13. The van der Waals surface area contributed by atoms with E-state index >= 15 is 0 Å². The maximum atomic E-state index is 12.8. The van der Waals surface area contributed by atoms with E-state index in [4.69, 9.17) is 14.2 Å². The van der Waals surface area contributed by atoms with Crippen LogP contribution in [0.2, 0.25) is 0 Å². The second kappa shape index (κ2) is 51.2. The molecule has 6 heteroatoms. The fourth-order valence-corrected chi connectivity index (χ4v) is 6.29. The van der Waals surface area contributed by atoms with Crippen molar-refractivity contribution in [1.82, 2.24) is 0 Å². The molecule has 0 fully saturated rings. The molecular weight excluding hydrogens is 793 g/mol. The van der Waals surface area contributed by atoms with Gasteiger partial charge in [-0.15, -0.1) is 0 Å². The summed E-state index contributed by atoms with van der Waals surface area (Å²) >= 11 is 0. The van der Waals surface area contributed by atoms with E-state index in [0.717, 1.165) is 116 Å². The maximum Gasteiger partial charge on any atom is 0.306 e. The summed E-state index contributed by atoms with van der Waals surface area (Å²) in [6, 6.07) is 0. The zero-order valence-electron chi connectivity index (χ0n) is 40.7.